The zero-order valence-electron chi connectivity index (χ0n) is 12.1. The number of carbonyl (C=O) groups is 1. The molecule has 2 amide bonds. The predicted molar refractivity (Wildman–Crippen MR) is 79.9 cm³/mol. The van der Waals surface area contributed by atoms with Crippen molar-refractivity contribution in [3.8, 4) is 5.75 Å². The SMILES string of the molecule is C[C@@H](COc1ccccc1)NC(=O)NC1CCCCC1. The van der Waals surface area contributed by atoms with Gasteiger partial charge in [-0.2, -0.15) is 0 Å². The Bertz CT molecular complexity index is 402. The van der Waals surface area contributed by atoms with Crippen LogP contribution < -0.4 is 15.4 Å². The van der Waals surface area contributed by atoms with Crippen LogP contribution in [0.1, 0.15) is 39.0 Å². The van der Waals surface area contributed by atoms with Gasteiger partial charge >= 0.3 is 6.03 Å². The minimum atomic E-state index is -0.0824. The van der Waals surface area contributed by atoms with Gasteiger partial charge in [0.15, 0.2) is 0 Å². The Morgan fingerprint density at radius 3 is 2.65 bits per heavy atom. The van der Waals surface area contributed by atoms with Gasteiger partial charge in [-0.1, -0.05) is 37.5 Å². The molecule has 0 aliphatic heterocycles. The maximum atomic E-state index is 11.9. The molecule has 1 fully saturated rings. The standard InChI is InChI=1S/C16H24N2O2/c1-13(12-20-15-10-6-3-7-11-15)17-16(19)18-14-8-4-2-5-9-14/h3,6-7,10-11,13-14H,2,4-5,8-9,12H2,1H3,(H2,17,18,19)/t13-/m0/s1. The monoisotopic (exact) mass is 276 g/mol. The summed E-state index contributed by atoms with van der Waals surface area (Å²) in [5.41, 5.74) is 0. The first-order valence-corrected chi connectivity index (χ1v) is 7.49. The number of urea groups is 1. The second-order valence-corrected chi connectivity index (χ2v) is 5.48. The summed E-state index contributed by atoms with van der Waals surface area (Å²) in [6.07, 6.45) is 5.93. The summed E-state index contributed by atoms with van der Waals surface area (Å²) in [7, 11) is 0. The van der Waals surface area contributed by atoms with Crippen LogP contribution in [0.2, 0.25) is 0 Å². The molecule has 0 heterocycles. The van der Waals surface area contributed by atoms with Crippen LogP contribution in [0.4, 0.5) is 4.79 Å². The number of rotatable bonds is 5. The van der Waals surface area contributed by atoms with E-state index >= 15 is 0 Å². The highest BCUT2D eigenvalue weighted by atomic mass is 16.5. The maximum Gasteiger partial charge on any atom is 0.315 e. The molecule has 4 heteroatoms. The van der Waals surface area contributed by atoms with Gasteiger partial charge in [-0.3, -0.25) is 0 Å². The molecule has 1 atom stereocenters. The average Bonchev–Trinajstić information content (AvgIpc) is 2.47. The van der Waals surface area contributed by atoms with Gasteiger partial charge in [0, 0.05) is 6.04 Å². The van der Waals surface area contributed by atoms with Crippen molar-refractivity contribution in [2.24, 2.45) is 0 Å². The second kappa shape index (κ2) is 7.78. The minimum absolute atomic E-state index is 0.0150. The highest BCUT2D eigenvalue weighted by molar-refractivity contribution is 5.74. The topological polar surface area (TPSA) is 50.4 Å². The molecule has 1 aromatic carbocycles. The van der Waals surface area contributed by atoms with E-state index < -0.39 is 0 Å². The van der Waals surface area contributed by atoms with Crippen LogP contribution in [0.3, 0.4) is 0 Å². The molecular weight excluding hydrogens is 252 g/mol. The fraction of sp³-hybridized carbons (Fsp3) is 0.562. The summed E-state index contributed by atoms with van der Waals surface area (Å²) in [4.78, 5) is 11.9. The van der Waals surface area contributed by atoms with Gasteiger partial charge < -0.3 is 15.4 Å². The molecule has 2 rings (SSSR count). The quantitative estimate of drug-likeness (QED) is 0.868. The van der Waals surface area contributed by atoms with E-state index in [1.807, 2.05) is 37.3 Å². The summed E-state index contributed by atoms with van der Waals surface area (Å²) >= 11 is 0. The summed E-state index contributed by atoms with van der Waals surface area (Å²) in [5, 5.41) is 5.96. The van der Waals surface area contributed by atoms with E-state index in [1.165, 1.54) is 19.3 Å². The van der Waals surface area contributed by atoms with Crippen LogP contribution in [0.25, 0.3) is 0 Å². The Labute approximate surface area is 120 Å². The molecule has 2 N–H and O–H groups in total. The van der Waals surface area contributed by atoms with Crippen molar-refractivity contribution in [2.75, 3.05) is 6.61 Å². The number of hydrogen-bond acceptors (Lipinski definition) is 2. The normalized spacial score (nSPS) is 17.2. The molecule has 110 valence electrons. The Kier molecular flexibility index (Phi) is 5.71. The van der Waals surface area contributed by atoms with Crippen molar-refractivity contribution in [2.45, 2.75) is 51.1 Å². The predicted octanol–water partition coefficient (Wildman–Crippen LogP) is 3.09. The van der Waals surface area contributed by atoms with E-state index in [-0.39, 0.29) is 12.1 Å². The molecule has 4 nitrogen and oxygen atoms in total. The van der Waals surface area contributed by atoms with Crippen molar-refractivity contribution in [3.05, 3.63) is 30.3 Å². The zero-order valence-corrected chi connectivity index (χ0v) is 12.1. The third kappa shape index (κ3) is 5.11. The lowest BCUT2D eigenvalue weighted by atomic mass is 9.96. The van der Waals surface area contributed by atoms with Crippen LogP contribution in [0.5, 0.6) is 5.75 Å². The molecule has 0 unspecified atom stereocenters. The summed E-state index contributed by atoms with van der Waals surface area (Å²) in [6, 6.07) is 9.88. The van der Waals surface area contributed by atoms with E-state index in [4.69, 9.17) is 4.74 Å². The summed E-state index contributed by atoms with van der Waals surface area (Å²) in [5.74, 6) is 0.828. The number of benzene rings is 1. The Morgan fingerprint density at radius 2 is 1.95 bits per heavy atom. The van der Waals surface area contributed by atoms with Crippen molar-refractivity contribution < 1.29 is 9.53 Å². The first kappa shape index (κ1) is 14.7. The first-order valence-electron chi connectivity index (χ1n) is 7.49. The van der Waals surface area contributed by atoms with Gasteiger partial charge in [-0.15, -0.1) is 0 Å². The summed E-state index contributed by atoms with van der Waals surface area (Å²) < 4.78 is 5.62. The van der Waals surface area contributed by atoms with Gasteiger partial charge in [0.1, 0.15) is 12.4 Å². The van der Waals surface area contributed by atoms with Crippen LogP contribution >= 0.6 is 0 Å². The molecule has 0 saturated heterocycles. The third-order valence-corrected chi connectivity index (χ3v) is 3.56. The largest absolute Gasteiger partial charge is 0.491 e. The number of hydrogen-bond donors (Lipinski definition) is 2. The molecule has 20 heavy (non-hydrogen) atoms. The summed E-state index contributed by atoms with van der Waals surface area (Å²) in [6.45, 7) is 2.42. The molecule has 1 aliphatic carbocycles. The molecule has 1 aromatic rings. The maximum absolute atomic E-state index is 11.9. The van der Waals surface area contributed by atoms with Crippen LogP contribution in [-0.2, 0) is 0 Å². The number of carbonyl (C=O) groups excluding carboxylic acids is 1. The molecular formula is C16H24N2O2. The lowest BCUT2D eigenvalue weighted by Gasteiger charge is -2.24. The van der Waals surface area contributed by atoms with Crippen LogP contribution in [0, 0.1) is 0 Å². The van der Waals surface area contributed by atoms with Gasteiger partial charge in [0.25, 0.3) is 0 Å². The number of amides is 2. The van der Waals surface area contributed by atoms with Crippen LogP contribution in [0.15, 0.2) is 30.3 Å². The van der Waals surface area contributed by atoms with E-state index in [0.29, 0.717) is 12.6 Å². The van der Waals surface area contributed by atoms with Crippen LogP contribution in [-0.4, -0.2) is 24.7 Å². The fourth-order valence-corrected chi connectivity index (χ4v) is 2.48. The van der Waals surface area contributed by atoms with E-state index in [2.05, 4.69) is 10.6 Å². The van der Waals surface area contributed by atoms with Gasteiger partial charge in [0.2, 0.25) is 0 Å². The third-order valence-electron chi connectivity index (χ3n) is 3.56. The molecule has 0 spiro atoms. The zero-order chi connectivity index (χ0) is 14.2. The molecule has 0 radical (unpaired) electrons. The molecule has 0 aromatic heterocycles. The fourth-order valence-electron chi connectivity index (χ4n) is 2.48. The van der Waals surface area contributed by atoms with Crippen molar-refractivity contribution in [1.82, 2.24) is 10.6 Å². The Balaban J connectivity index is 1.65. The Morgan fingerprint density at radius 1 is 1.25 bits per heavy atom. The highest BCUT2D eigenvalue weighted by Crippen LogP contribution is 2.17. The Hall–Kier alpha value is -1.71. The minimum Gasteiger partial charge on any atom is -0.491 e. The highest BCUT2D eigenvalue weighted by Gasteiger charge is 2.16. The van der Waals surface area contributed by atoms with Gasteiger partial charge in [-0.25, -0.2) is 4.79 Å². The number of ether oxygens (including phenoxy) is 1. The van der Waals surface area contributed by atoms with Gasteiger partial charge in [-0.05, 0) is 31.9 Å². The lowest BCUT2D eigenvalue weighted by molar-refractivity contribution is 0.219. The van der Waals surface area contributed by atoms with E-state index in [1.54, 1.807) is 0 Å². The van der Waals surface area contributed by atoms with Crippen molar-refractivity contribution >= 4 is 6.03 Å². The second-order valence-electron chi connectivity index (χ2n) is 5.48. The first-order chi connectivity index (χ1) is 9.74. The van der Waals surface area contributed by atoms with Gasteiger partial charge in [0.05, 0.1) is 6.04 Å². The number of nitrogens with one attached hydrogen (secondary N) is 2. The van der Waals surface area contributed by atoms with Crippen molar-refractivity contribution in [3.63, 3.8) is 0 Å². The number of para-hydroxylation sites is 1. The lowest BCUT2D eigenvalue weighted by Crippen LogP contribution is -2.47. The van der Waals surface area contributed by atoms with E-state index in [0.717, 1.165) is 18.6 Å². The molecule has 1 aliphatic rings. The smallest absolute Gasteiger partial charge is 0.315 e. The van der Waals surface area contributed by atoms with Crippen molar-refractivity contribution in [1.29, 1.82) is 0 Å². The molecule has 0 bridgehead atoms. The average molecular weight is 276 g/mol. The molecule has 1 saturated carbocycles. The van der Waals surface area contributed by atoms with E-state index in [9.17, 15) is 4.79 Å².